The fourth-order valence-corrected chi connectivity index (χ4v) is 2.37. The Morgan fingerprint density at radius 1 is 1.33 bits per heavy atom. The van der Waals surface area contributed by atoms with Crippen LogP contribution in [0, 0.1) is 0 Å². The van der Waals surface area contributed by atoms with Gasteiger partial charge < -0.3 is 14.6 Å². The number of aromatic nitrogens is 1. The van der Waals surface area contributed by atoms with E-state index in [1.54, 1.807) is 19.1 Å². The Labute approximate surface area is 130 Å². The molecule has 1 amide bonds. The minimum Gasteiger partial charge on any atom is -0.496 e. The Kier molecular flexibility index (Phi) is 4.80. The van der Waals surface area contributed by atoms with E-state index in [4.69, 9.17) is 4.74 Å². The van der Waals surface area contributed by atoms with Gasteiger partial charge in [-0.25, -0.2) is 0 Å². The molecular formula is C15H15BrN2O3. The molecule has 0 fully saturated rings. The molecule has 0 aliphatic heterocycles. The van der Waals surface area contributed by atoms with Gasteiger partial charge in [0.2, 0.25) is 5.56 Å². The summed E-state index contributed by atoms with van der Waals surface area (Å²) in [6, 6.07) is 8.48. The highest BCUT2D eigenvalue weighted by Gasteiger charge is 2.14. The van der Waals surface area contributed by atoms with Gasteiger partial charge >= 0.3 is 0 Å². The number of benzene rings is 1. The van der Waals surface area contributed by atoms with Crippen molar-refractivity contribution in [1.29, 1.82) is 0 Å². The third-order valence-corrected chi connectivity index (χ3v) is 3.52. The van der Waals surface area contributed by atoms with E-state index in [-0.39, 0.29) is 11.5 Å². The van der Waals surface area contributed by atoms with Gasteiger partial charge in [-0.3, -0.25) is 9.59 Å². The molecule has 0 radical (unpaired) electrons. The smallest absolute Gasteiger partial charge is 0.255 e. The highest BCUT2D eigenvalue weighted by atomic mass is 79.9. The summed E-state index contributed by atoms with van der Waals surface area (Å²) in [7, 11) is 3.30. The number of methoxy groups -OCH3 is 1. The number of ether oxygens (including phenoxy) is 1. The fraction of sp³-hybridized carbons (Fsp3) is 0.200. The fourth-order valence-electron chi connectivity index (χ4n) is 1.96. The van der Waals surface area contributed by atoms with E-state index in [2.05, 4.69) is 20.9 Å². The van der Waals surface area contributed by atoms with E-state index in [1.165, 1.54) is 18.3 Å². The van der Waals surface area contributed by atoms with Crippen LogP contribution in [0.3, 0.4) is 0 Å². The summed E-state index contributed by atoms with van der Waals surface area (Å²) in [6.45, 7) is 0.403. The van der Waals surface area contributed by atoms with Gasteiger partial charge in [0.25, 0.3) is 5.91 Å². The van der Waals surface area contributed by atoms with Crippen molar-refractivity contribution in [2.45, 2.75) is 6.54 Å². The van der Waals surface area contributed by atoms with Crippen molar-refractivity contribution >= 4 is 21.8 Å². The molecule has 0 saturated carbocycles. The van der Waals surface area contributed by atoms with Crippen LogP contribution < -0.4 is 10.3 Å². The molecule has 5 nitrogen and oxygen atoms in total. The van der Waals surface area contributed by atoms with Crippen molar-refractivity contribution in [3.05, 3.63) is 62.5 Å². The van der Waals surface area contributed by atoms with Crippen LogP contribution >= 0.6 is 15.9 Å². The zero-order chi connectivity index (χ0) is 15.4. The number of amides is 1. The third kappa shape index (κ3) is 3.72. The van der Waals surface area contributed by atoms with Crippen LogP contribution in [-0.2, 0) is 6.54 Å². The lowest BCUT2D eigenvalue weighted by Gasteiger charge is -2.19. The predicted octanol–water partition coefficient (Wildman–Crippen LogP) is 2.42. The van der Waals surface area contributed by atoms with Crippen LogP contribution in [0.4, 0.5) is 0 Å². The first-order valence-corrected chi connectivity index (χ1v) is 7.07. The zero-order valence-electron chi connectivity index (χ0n) is 11.7. The van der Waals surface area contributed by atoms with Gasteiger partial charge in [0.15, 0.2) is 0 Å². The molecule has 110 valence electrons. The van der Waals surface area contributed by atoms with Crippen molar-refractivity contribution in [1.82, 2.24) is 9.88 Å². The van der Waals surface area contributed by atoms with Crippen LogP contribution in [-0.4, -0.2) is 29.9 Å². The number of H-pyrrole nitrogens is 1. The van der Waals surface area contributed by atoms with Crippen molar-refractivity contribution in [3.8, 4) is 5.75 Å². The minimum absolute atomic E-state index is 0.173. The van der Waals surface area contributed by atoms with Gasteiger partial charge in [0, 0.05) is 35.9 Å². The number of carbonyl (C=O) groups excluding carboxylic acids is 1. The lowest BCUT2D eigenvalue weighted by molar-refractivity contribution is 0.0783. The monoisotopic (exact) mass is 350 g/mol. The van der Waals surface area contributed by atoms with Crippen LogP contribution in [0.15, 0.2) is 45.8 Å². The molecule has 1 aromatic heterocycles. The molecule has 1 aromatic carbocycles. The van der Waals surface area contributed by atoms with E-state index in [9.17, 15) is 9.59 Å². The number of pyridine rings is 1. The molecule has 21 heavy (non-hydrogen) atoms. The Morgan fingerprint density at radius 3 is 2.71 bits per heavy atom. The number of carbonyl (C=O) groups is 1. The number of nitrogens with zero attached hydrogens (tertiary/aromatic N) is 1. The zero-order valence-corrected chi connectivity index (χ0v) is 13.3. The SMILES string of the molecule is COc1ccc(Br)cc1CN(C)C(=O)c1ccc(=O)[nH]c1. The summed E-state index contributed by atoms with van der Waals surface area (Å²) >= 11 is 3.41. The summed E-state index contributed by atoms with van der Waals surface area (Å²) in [5, 5.41) is 0. The third-order valence-electron chi connectivity index (χ3n) is 3.03. The largest absolute Gasteiger partial charge is 0.496 e. The van der Waals surface area contributed by atoms with Crippen molar-refractivity contribution in [2.24, 2.45) is 0 Å². The van der Waals surface area contributed by atoms with Gasteiger partial charge in [0.05, 0.1) is 12.7 Å². The van der Waals surface area contributed by atoms with Crippen LogP contribution in [0.5, 0.6) is 5.75 Å². The first-order valence-electron chi connectivity index (χ1n) is 6.28. The topological polar surface area (TPSA) is 62.4 Å². The molecule has 6 heteroatoms. The van der Waals surface area contributed by atoms with Crippen LogP contribution in [0.2, 0.25) is 0 Å². The standard InChI is InChI=1S/C15H15BrN2O3/c1-18(15(20)10-3-6-14(19)17-8-10)9-11-7-12(16)4-5-13(11)21-2/h3-8H,9H2,1-2H3,(H,17,19). The van der Waals surface area contributed by atoms with Crippen molar-refractivity contribution in [3.63, 3.8) is 0 Å². The van der Waals surface area contributed by atoms with Gasteiger partial charge in [-0.05, 0) is 24.3 Å². The number of rotatable bonds is 4. The Morgan fingerprint density at radius 2 is 2.10 bits per heavy atom. The molecule has 0 unspecified atom stereocenters. The second-order valence-electron chi connectivity index (χ2n) is 4.56. The molecule has 2 aromatic rings. The second-order valence-corrected chi connectivity index (χ2v) is 5.47. The summed E-state index contributed by atoms with van der Waals surface area (Å²) in [6.07, 6.45) is 1.42. The van der Waals surface area contributed by atoms with Gasteiger partial charge in [-0.1, -0.05) is 15.9 Å². The number of aromatic amines is 1. The Bertz CT molecular complexity index is 692. The first kappa shape index (κ1) is 15.3. The van der Waals surface area contributed by atoms with E-state index < -0.39 is 0 Å². The van der Waals surface area contributed by atoms with E-state index in [1.807, 2.05) is 18.2 Å². The van der Waals surface area contributed by atoms with E-state index in [0.29, 0.717) is 12.1 Å². The maximum Gasteiger partial charge on any atom is 0.255 e. The molecule has 0 spiro atoms. The average Bonchev–Trinajstić information content (AvgIpc) is 2.47. The normalized spacial score (nSPS) is 10.2. The molecule has 0 atom stereocenters. The predicted molar refractivity (Wildman–Crippen MR) is 83.6 cm³/mol. The summed E-state index contributed by atoms with van der Waals surface area (Å²) in [5.74, 6) is 0.549. The Balaban J connectivity index is 2.19. The average molecular weight is 351 g/mol. The summed E-state index contributed by atoms with van der Waals surface area (Å²) < 4.78 is 6.22. The maximum atomic E-state index is 12.3. The molecule has 1 heterocycles. The van der Waals surface area contributed by atoms with Crippen LogP contribution in [0.1, 0.15) is 15.9 Å². The van der Waals surface area contributed by atoms with Gasteiger partial charge in [-0.15, -0.1) is 0 Å². The van der Waals surface area contributed by atoms with Gasteiger partial charge in [0.1, 0.15) is 5.75 Å². The van der Waals surface area contributed by atoms with Crippen LogP contribution in [0.25, 0.3) is 0 Å². The quantitative estimate of drug-likeness (QED) is 0.920. The number of halogens is 1. The van der Waals surface area contributed by atoms with E-state index >= 15 is 0 Å². The van der Waals surface area contributed by atoms with Crippen molar-refractivity contribution in [2.75, 3.05) is 14.2 Å². The lowest BCUT2D eigenvalue weighted by Crippen LogP contribution is -2.27. The highest BCUT2D eigenvalue weighted by Crippen LogP contribution is 2.24. The van der Waals surface area contributed by atoms with E-state index in [0.717, 1.165) is 15.8 Å². The molecule has 0 bridgehead atoms. The number of hydrogen-bond donors (Lipinski definition) is 1. The molecule has 1 N–H and O–H groups in total. The summed E-state index contributed by atoms with van der Waals surface area (Å²) in [4.78, 5) is 27.4. The molecule has 2 rings (SSSR count). The maximum absolute atomic E-state index is 12.3. The molecule has 0 aliphatic carbocycles. The second kappa shape index (κ2) is 6.58. The Hall–Kier alpha value is -2.08. The highest BCUT2D eigenvalue weighted by molar-refractivity contribution is 9.10. The number of nitrogens with one attached hydrogen (secondary N) is 1. The molecule has 0 aliphatic rings. The molecule has 0 saturated heterocycles. The minimum atomic E-state index is -0.233. The molecular weight excluding hydrogens is 336 g/mol. The van der Waals surface area contributed by atoms with Crippen molar-refractivity contribution < 1.29 is 9.53 Å². The lowest BCUT2D eigenvalue weighted by atomic mass is 10.1. The van der Waals surface area contributed by atoms with Gasteiger partial charge in [-0.2, -0.15) is 0 Å². The summed E-state index contributed by atoms with van der Waals surface area (Å²) in [5.41, 5.74) is 1.10. The number of hydrogen-bond acceptors (Lipinski definition) is 3. The first-order chi connectivity index (χ1) is 10.0.